The van der Waals surface area contributed by atoms with Crippen molar-refractivity contribution in [1.29, 1.82) is 0 Å². The lowest BCUT2D eigenvalue weighted by atomic mass is 10.1. The maximum Gasteiger partial charge on any atom is 0.191 e. The zero-order chi connectivity index (χ0) is 22.2. The number of hydrogen-bond acceptors (Lipinski definition) is 4. The Labute approximate surface area is 205 Å². The Morgan fingerprint density at radius 2 is 1.84 bits per heavy atom. The molecule has 9 heteroatoms. The molecule has 1 unspecified atom stereocenters. The molecule has 2 aromatic carbocycles. The van der Waals surface area contributed by atoms with E-state index in [1.165, 1.54) is 12.1 Å². The molecule has 1 aliphatic heterocycles. The Morgan fingerprint density at radius 1 is 1.12 bits per heavy atom. The van der Waals surface area contributed by atoms with Crippen LogP contribution in [0.15, 0.2) is 41.4 Å². The summed E-state index contributed by atoms with van der Waals surface area (Å²) in [5, 5.41) is 6.64. The van der Waals surface area contributed by atoms with E-state index in [2.05, 4.69) is 20.5 Å². The molecule has 0 aromatic heterocycles. The smallest absolute Gasteiger partial charge is 0.191 e. The third-order valence-corrected chi connectivity index (χ3v) is 5.36. The molecule has 0 spiro atoms. The SMILES string of the molecule is CN=C(NCCc1ccc(F)cc1F)NC1CCN(Cc2cc(OC)cc(OC)c2)C1.I. The highest BCUT2D eigenvalue weighted by atomic mass is 127. The number of methoxy groups -OCH3 is 2. The molecule has 1 saturated heterocycles. The summed E-state index contributed by atoms with van der Waals surface area (Å²) in [4.78, 5) is 6.63. The number of halogens is 3. The summed E-state index contributed by atoms with van der Waals surface area (Å²) in [7, 11) is 5.01. The Hall–Kier alpha value is -2.14. The first-order valence-corrected chi connectivity index (χ1v) is 10.4. The van der Waals surface area contributed by atoms with Gasteiger partial charge in [0, 0.05) is 51.4 Å². The van der Waals surface area contributed by atoms with E-state index in [4.69, 9.17) is 9.47 Å². The van der Waals surface area contributed by atoms with Gasteiger partial charge in [-0.3, -0.25) is 9.89 Å². The van der Waals surface area contributed by atoms with Crippen molar-refractivity contribution in [2.24, 2.45) is 4.99 Å². The minimum atomic E-state index is -0.565. The van der Waals surface area contributed by atoms with Crippen molar-refractivity contribution >= 4 is 29.9 Å². The van der Waals surface area contributed by atoms with Crippen molar-refractivity contribution < 1.29 is 18.3 Å². The number of rotatable bonds is 8. The summed E-state index contributed by atoms with van der Waals surface area (Å²) in [6, 6.07) is 9.85. The van der Waals surface area contributed by atoms with Gasteiger partial charge >= 0.3 is 0 Å². The van der Waals surface area contributed by atoms with Gasteiger partial charge in [0.2, 0.25) is 0 Å². The van der Waals surface area contributed by atoms with Gasteiger partial charge < -0.3 is 20.1 Å². The van der Waals surface area contributed by atoms with Gasteiger partial charge in [0.15, 0.2) is 5.96 Å². The van der Waals surface area contributed by atoms with E-state index < -0.39 is 11.6 Å². The highest BCUT2D eigenvalue weighted by Gasteiger charge is 2.23. The molecular formula is C23H31F2IN4O2. The molecule has 0 radical (unpaired) electrons. The fourth-order valence-electron chi connectivity index (χ4n) is 3.74. The number of nitrogens with zero attached hydrogens (tertiary/aromatic N) is 2. The predicted molar refractivity (Wildman–Crippen MR) is 133 cm³/mol. The van der Waals surface area contributed by atoms with Crippen LogP contribution in [0.1, 0.15) is 17.5 Å². The molecule has 32 heavy (non-hydrogen) atoms. The monoisotopic (exact) mass is 560 g/mol. The third kappa shape index (κ3) is 7.47. The largest absolute Gasteiger partial charge is 0.497 e. The molecular weight excluding hydrogens is 529 g/mol. The van der Waals surface area contributed by atoms with Crippen LogP contribution in [0.4, 0.5) is 8.78 Å². The Kier molecular flexibility index (Phi) is 10.4. The first kappa shape index (κ1) is 26.1. The summed E-state index contributed by atoms with van der Waals surface area (Å²) in [6.07, 6.45) is 1.44. The summed E-state index contributed by atoms with van der Waals surface area (Å²) in [5.41, 5.74) is 1.62. The van der Waals surface area contributed by atoms with Gasteiger partial charge in [-0.15, -0.1) is 24.0 Å². The molecule has 176 valence electrons. The summed E-state index contributed by atoms with van der Waals surface area (Å²) < 4.78 is 37.5. The summed E-state index contributed by atoms with van der Waals surface area (Å²) >= 11 is 0. The number of benzene rings is 2. The van der Waals surface area contributed by atoms with Crippen LogP contribution in [0.25, 0.3) is 0 Å². The second-order valence-electron chi connectivity index (χ2n) is 7.57. The predicted octanol–water partition coefficient (Wildman–Crippen LogP) is 3.58. The van der Waals surface area contributed by atoms with Crippen molar-refractivity contribution in [3.8, 4) is 11.5 Å². The highest BCUT2D eigenvalue weighted by molar-refractivity contribution is 14.0. The third-order valence-electron chi connectivity index (χ3n) is 5.36. The second-order valence-corrected chi connectivity index (χ2v) is 7.57. The molecule has 3 rings (SSSR count). The van der Waals surface area contributed by atoms with Crippen LogP contribution in [0.3, 0.4) is 0 Å². The lowest BCUT2D eigenvalue weighted by molar-refractivity contribution is 0.321. The van der Waals surface area contributed by atoms with Crippen LogP contribution < -0.4 is 20.1 Å². The van der Waals surface area contributed by atoms with Gasteiger partial charge in [-0.1, -0.05) is 6.07 Å². The highest BCUT2D eigenvalue weighted by Crippen LogP contribution is 2.24. The molecule has 1 aliphatic rings. The fraction of sp³-hybridized carbons (Fsp3) is 0.435. The Balaban J connectivity index is 0.00000363. The lowest BCUT2D eigenvalue weighted by Crippen LogP contribution is -2.45. The number of guanidine groups is 1. The molecule has 0 bridgehead atoms. The van der Waals surface area contributed by atoms with E-state index in [1.807, 2.05) is 18.2 Å². The normalized spacial score (nSPS) is 16.4. The van der Waals surface area contributed by atoms with Crippen LogP contribution in [-0.2, 0) is 13.0 Å². The average Bonchev–Trinajstić information content (AvgIpc) is 3.20. The minimum absolute atomic E-state index is 0. The first-order chi connectivity index (χ1) is 15.0. The van der Waals surface area contributed by atoms with Crippen molar-refractivity contribution in [2.45, 2.75) is 25.4 Å². The number of ether oxygens (including phenoxy) is 2. The minimum Gasteiger partial charge on any atom is -0.497 e. The maximum atomic E-state index is 13.8. The quantitative estimate of drug-likeness (QED) is 0.294. The van der Waals surface area contributed by atoms with Crippen molar-refractivity contribution in [2.75, 3.05) is 40.9 Å². The van der Waals surface area contributed by atoms with Crippen molar-refractivity contribution in [3.63, 3.8) is 0 Å². The van der Waals surface area contributed by atoms with Crippen LogP contribution >= 0.6 is 24.0 Å². The maximum absolute atomic E-state index is 13.8. The van der Waals surface area contributed by atoms with Crippen LogP contribution in [-0.4, -0.2) is 57.8 Å². The topological polar surface area (TPSA) is 58.1 Å². The molecule has 1 fully saturated rings. The van der Waals surface area contributed by atoms with Crippen LogP contribution in [0.5, 0.6) is 11.5 Å². The number of aliphatic imine (C=N–C) groups is 1. The van der Waals surface area contributed by atoms with Crippen molar-refractivity contribution in [1.82, 2.24) is 15.5 Å². The van der Waals surface area contributed by atoms with Crippen LogP contribution in [0.2, 0.25) is 0 Å². The van der Waals surface area contributed by atoms with E-state index in [-0.39, 0.29) is 30.0 Å². The van der Waals surface area contributed by atoms with Gasteiger partial charge in [0.05, 0.1) is 14.2 Å². The van der Waals surface area contributed by atoms with Gasteiger partial charge in [-0.2, -0.15) is 0 Å². The first-order valence-electron chi connectivity index (χ1n) is 10.4. The average molecular weight is 560 g/mol. The van der Waals surface area contributed by atoms with Gasteiger partial charge in [-0.05, 0) is 42.2 Å². The second kappa shape index (κ2) is 12.8. The number of nitrogens with one attached hydrogen (secondary N) is 2. The molecule has 0 amide bonds. The van der Waals surface area contributed by atoms with Crippen LogP contribution in [0, 0.1) is 11.6 Å². The van der Waals surface area contributed by atoms with Gasteiger partial charge in [0.1, 0.15) is 23.1 Å². The Bertz CT molecular complexity index is 891. The van der Waals surface area contributed by atoms with E-state index in [9.17, 15) is 8.78 Å². The standard InChI is InChI=1S/C23H30F2N4O2.HI/c1-26-23(27-8-6-17-4-5-18(24)12-22(17)25)28-19-7-9-29(15-19)14-16-10-20(30-2)13-21(11-16)31-3;/h4-5,10-13,19H,6-9,14-15H2,1-3H3,(H2,26,27,28);1H. The summed E-state index contributed by atoms with van der Waals surface area (Å²) in [5.74, 6) is 1.16. The molecule has 6 nitrogen and oxygen atoms in total. The molecule has 2 N–H and O–H groups in total. The van der Waals surface area contributed by atoms with E-state index in [0.717, 1.165) is 49.2 Å². The van der Waals surface area contributed by atoms with E-state index in [0.29, 0.717) is 24.5 Å². The fourth-order valence-corrected chi connectivity index (χ4v) is 3.74. The molecule has 2 aromatic rings. The van der Waals surface area contributed by atoms with E-state index in [1.54, 1.807) is 21.3 Å². The summed E-state index contributed by atoms with van der Waals surface area (Å²) in [6.45, 7) is 3.16. The number of hydrogen-bond donors (Lipinski definition) is 2. The molecule has 1 heterocycles. The molecule has 0 aliphatic carbocycles. The molecule has 0 saturated carbocycles. The Morgan fingerprint density at radius 3 is 2.47 bits per heavy atom. The van der Waals surface area contributed by atoms with Gasteiger partial charge in [-0.25, -0.2) is 8.78 Å². The lowest BCUT2D eigenvalue weighted by Gasteiger charge is -2.19. The zero-order valence-corrected chi connectivity index (χ0v) is 21.0. The zero-order valence-electron chi connectivity index (χ0n) is 18.7. The van der Waals surface area contributed by atoms with E-state index >= 15 is 0 Å². The van der Waals surface area contributed by atoms with Crippen molar-refractivity contribution in [3.05, 3.63) is 59.2 Å². The van der Waals surface area contributed by atoms with Gasteiger partial charge in [0.25, 0.3) is 0 Å². The molecule has 1 atom stereocenters. The number of likely N-dealkylation sites (tertiary alicyclic amines) is 1.